The fourth-order valence-corrected chi connectivity index (χ4v) is 24.2. The van der Waals surface area contributed by atoms with E-state index in [-0.39, 0.29) is 31.6 Å². The molecule has 1 spiro atoms. The number of nitrogens with two attached hydrogens (primary N) is 1. The Morgan fingerprint density at radius 3 is 2.46 bits per heavy atom. The monoisotopic (exact) mass is 1280 g/mol. The van der Waals surface area contributed by atoms with E-state index in [0.29, 0.717) is 101 Å². The highest BCUT2D eigenvalue weighted by Gasteiger charge is 2.80. The lowest BCUT2D eigenvalue weighted by Gasteiger charge is -2.76. The first kappa shape index (κ1) is 65.0. The van der Waals surface area contributed by atoms with Crippen LogP contribution in [0.3, 0.4) is 0 Å². The third kappa shape index (κ3) is 8.97. The highest BCUT2D eigenvalue weighted by molar-refractivity contribution is 5.88. The Morgan fingerprint density at radius 2 is 1.73 bits per heavy atom. The van der Waals surface area contributed by atoms with Gasteiger partial charge in [-0.25, -0.2) is 9.97 Å². The van der Waals surface area contributed by atoms with Gasteiger partial charge in [-0.3, -0.25) is 9.59 Å². The third-order valence-corrected chi connectivity index (χ3v) is 28.7. The molecule has 0 bridgehead atoms. The first-order valence-corrected chi connectivity index (χ1v) is 34.8. The van der Waals surface area contributed by atoms with Crippen LogP contribution in [0.15, 0.2) is 42.7 Å². The number of H-pyrrole nitrogens is 2. The van der Waals surface area contributed by atoms with Crippen LogP contribution in [0.2, 0.25) is 0 Å². The zero-order valence-electron chi connectivity index (χ0n) is 54.4. The Morgan fingerprint density at radius 1 is 0.924 bits per heavy atom. The molecular weight excluding hydrogens is 1170 g/mol. The number of aliphatic hydroxyl groups is 8. The Bertz CT molecular complexity index is 3250. The summed E-state index contributed by atoms with van der Waals surface area (Å²) in [4.78, 5) is 47.2. The number of aromatic nitrogens is 4. The molecule has 14 rings (SSSR count). The Hall–Kier alpha value is -4.32. The summed E-state index contributed by atoms with van der Waals surface area (Å²) < 4.78 is 13.0. The predicted molar refractivity (Wildman–Crippen MR) is 338 cm³/mol. The fraction of sp³-hybridized carbons (Fsp3) is 0.800. The second kappa shape index (κ2) is 23.2. The van der Waals surface area contributed by atoms with Gasteiger partial charge < -0.3 is 92.4 Å². The van der Waals surface area contributed by atoms with Crippen molar-refractivity contribution in [3.8, 4) is 11.8 Å². The minimum absolute atomic E-state index is 0.110. The summed E-state index contributed by atoms with van der Waals surface area (Å²) in [6.45, 7) is 14.1. The molecule has 92 heavy (non-hydrogen) atoms. The van der Waals surface area contributed by atoms with Gasteiger partial charge in [-0.1, -0.05) is 96.4 Å². The molecule has 22 nitrogen and oxygen atoms in total. The number of nitrogens with zero attached hydrogens (tertiary/aromatic N) is 2. The number of carboxylic acid groups (broad SMARTS) is 1. The summed E-state index contributed by atoms with van der Waals surface area (Å²) in [6.07, 6.45) is 8.38. The topological polar surface area (TPSA) is 366 Å². The summed E-state index contributed by atoms with van der Waals surface area (Å²) >= 11 is 0. The molecule has 0 radical (unpaired) electrons. The number of rotatable bonds is 15. The fourth-order valence-electron chi connectivity index (χ4n) is 24.2. The van der Waals surface area contributed by atoms with Gasteiger partial charge in [0.1, 0.15) is 30.4 Å². The second-order valence-electron chi connectivity index (χ2n) is 32.6. The van der Waals surface area contributed by atoms with E-state index in [1.165, 1.54) is 12.8 Å². The molecule has 5 heterocycles. The van der Waals surface area contributed by atoms with E-state index in [4.69, 9.17) is 20.2 Å². The van der Waals surface area contributed by atoms with Gasteiger partial charge in [0.2, 0.25) is 5.91 Å². The number of allylic oxidation sites excluding steroid dienone is 3. The van der Waals surface area contributed by atoms with E-state index in [0.717, 1.165) is 24.1 Å². The van der Waals surface area contributed by atoms with Gasteiger partial charge >= 0.3 is 5.97 Å². The Balaban J connectivity index is 0.979. The lowest BCUT2D eigenvalue weighted by atomic mass is 9.27. The predicted octanol–water partition coefficient (Wildman–Crippen LogP) is 2.69. The van der Waals surface area contributed by atoms with Crippen molar-refractivity contribution < 1.29 is 65.0 Å². The van der Waals surface area contributed by atoms with E-state index in [1.54, 1.807) is 18.9 Å². The third-order valence-electron chi connectivity index (χ3n) is 28.7. The van der Waals surface area contributed by atoms with Crippen molar-refractivity contribution in [1.29, 1.82) is 0 Å². The smallest absolute Gasteiger partial charge is 0.310 e. The number of carboxylic acids is 1. The van der Waals surface area contributed by atoms with E-state index in [1.807, 2.05) is 13.0 Å². The number of aliphatic hydroxyl groups excluding tert-OH is 8. The molecule has 12 aliphatic rings. The van der Waals surface area contributed by atoms with Crippen LogP contribution in [0.1, 0.15) is 130 Å². The molecule has 506 valence electrons. The summed E-state index contributed by atoms with van der Waals surface area (Å²) in [6, 6.07) is -0.510. The largest absolute Gasteiger partial charge is 0.481 e. The standard InChI is InChI=1S/C70H103N9O13/c1-35-9-7-11-38(23-35)74-22-21-72-27-40(58(71)87)56(86)70(48-29-73-33-77-48)18-14-39-49-52(84)57(92-60-53(85)51(83)46(82)30-91-60)64(3,32-81)47-15-17-65(4)54(66(47,49)5)36(12-13-37-10-8-16-68(37)50(39)55(70)79-61(68)88)24-41-43-26-63(2,31-80)19-20-69(43,62(89)90)44-28-75-59-45(76-34-78-59)25-42(44)67(41,65)6/h14,18,24,29,33-40,42-44,46-47,49-58,60,72,74-75,80-87H,7-11,15-17,19-23,25-28,30-32,71H2,1-6H3,(H,73,77)(H,76,78)(H,79,88)(H,89,90). The number of aliphatic carboxylic acids is 1. The molecule has 30 atom stereocenters. The van der Waals surface area contributed by atoms with Crippen molar-refractivity contribution in [3.05, 3.63) is 54.0 Å². The normalized spacial score (nSPS) is 49.8. The number of hydrogen-bond donors (Lipinski definition) is 16. The van der Waals surface area contributed by atoms with E-state index in [9.17, 15) is 50.8 Å². The van der Waals surface area contributed by atoms with Crippen molar-refractivity contribution in [1.82, 2.24) is 35.9 Å². The van der Waals surface area contributed by atoms with Crippen LogP contribution in [-0.2, 0) is 30.9 Å². The number of nitrogens with one attached hydrogen (secondary N) is 6. The zero-order valence-corrected chi connectivity index (χ0v) is 54.4. The Labute approximate surface area is 539 Å². The molecule has 3 aliphatic heterocycles. The highest BCUT2D eigenvalue weighted by atomic mass is 16.7. The molecule has 30 unspecified atom stereocenters. The van der Waals surface area contributed by atoms with Gasteiger partial charge in [-0.05, 0) is 127 Å². The molecule has 2 aromatic rings. The molecule has 6 saturated carbocycles. The minimum Gasteiger partial charge on any atom is -0.481 e. The second-order valence-corrected chi connectivity index (χ2v) is 32.6. The number of hydrogen-bond acceptors (Lipinski definition) is 18. The maximum Gasteiger partial charge on any atom is 0.310 e. The molecule has 17 N–H and O–H groups in total. The van der Waals surface area contributed by atoms with E-state index in [2.05, 4.69) is 94.8 Å². The number of imidazole rings is 2. The SMILES string of the molecule is CC1CCCC(NCCNCC(C(N)O)C(O)C2(c3cnc[nH]3)C=CC3C4C2NC(=O)C42CCCC2C#CC2C=C4C5CC(C)(CO)CCC5(C(=O)O)C5CNc6nc[nH]c6CC5C4(C)C4(C)CCC5C(C)(CO)C(OC6OCC(O)C(O)C6O)C(O)C3C5(C)C24)C1. The molecule has 1 amide bonds. The van der Waals surface area contributed by atoms with Gasteiger partial charge in [-0.15, -0.1) is 0 Å². The summed E-state index contributed by atoms with van der Waals surface area (Å²) in [5.41, 5.74) is 0.630. The molecule has 2 saturated heterocycles. The quantitative estimate of drug-likeness (QED) is 0.0401. The molecule has 9 aliphatic carbocycles. The first-order chi connectivity index (χ1) is 43.8. The van der Waals surface area contributed by atoms with Gasteiger partial charge in [0.15, 0.2) is 6.29 Å². The van der Waals surface area contributed by atoms with Crippen LogP contribution < -0.4 is 27.0 Å². The number of carbonyl (C=O) groups excluding carboxylic acids is 1. The molecule has 8 fully saturated rings. The van der Waals surface area contributed by atoms with Crippen molar-refractivity contribution >= 4 is 17.7 Å². The Kier molecular flexibility index (Phi) is 16.4. The number of anilines is 1. The summed E-state index contributed by atoms with van der Waals surface area (Å²) in [7, 11) is 0. The van der Waals surface area contributed by atoms with Crippen molar-refractivity contribution in [2.45, 2.75) is 192 Å². The van der Waals surface area contributed by atoms with Crippen molar-refractivity contribution in [2.75, 3.05) is 51.3 Å². The van der Waals surface area contributed by atoms with Gasteiger partial charge in [-0.2, -0.15) is 0 Å². The van der Waals surface area contributed by atoms with Crippen LogP contribution in [0.5, 0.6) is 0 Å². The maximum atomic E-state index is 16.2. The average Bonchev–Trinajstić information content (AvgIpc) is 0.902. The van der Waals surface area contributed by atoms with Crippen LogP contribution in [0.25, 0.3) is 0 Å². The lowest BCUT2D eigenvalue weighted by molar-refractivity contribution is -0.346. The number of aromatic amines is 2. The van der Waals surface area contributed by atoms with Gasteiger partial charge in [0, 0.05) is 85.7 Å². The summed E-state index contributed by atoms with van der Waals surface area (Å²) in [5, 5.41) is 124. The van der Waals surface area contributed by atoms with Crippen molar-refractivity contribution in [2.24, 2.45) is 115 Å². The van der Waals surface area contributed by atoms with Crippen LogP contribution in [-0.4, -0.2) is 185 Å². The van der Waals surface area contributed by atoms with E-state index < -0.39 is 170 Å². The van der Waals surface area contributed by atoms with Gasteiger partial charge in [0.05, 0.1) is 72.2 Å². The lowest BCUT2D eigenvalue weighted by Crippen LogP contribution is -2.76. The van der Waals surface area contributed by atoms with Crippen LogP contribution >= 0.6 is 0 Å². The van der Waals surface area contributed by atoms with Gasteiger partial charge in [0.25, 0.3) is 0 Å². The van der Waals surface area contributed by atoms with Crippen LogP contribution in [0.4, 0.5) is 5.82 Å². The van der Waals surface area contributed by atoms with E-state index >= 15 is 4.79 Å². The summed E-state index contributed by atoms with van der Waals surface area (Å²) in [5.74, 6) is 1.65. The highest BCUT2D eigenvalue weighted by Crippen LogP contribution is 2.81. The molecular formula is C70H103N9O13. The maximum absolute atomic E-state index is 16.2. The zero-order chi connectivity index (χ0) is 65.0. The molecule has 22 heteroatoms. The average molecular weight is 1280 g/mol. The number of ether oxygens (including phenoxy) is 2. The number of fused-ring (bicyclic) bond motifs is 9. The molecule has 0 aromatic carbocycles. The number of amides is 1. The van der Waals surface area contributed by atoms with Crippen LogP contribution in [0, 0.1) is 121 Å². The minimum atomic E-state index is -1.73. The number of carbonyl (C=O) groups is 2. The van der Waals surface area contributed by atoms with Crippen molar-refractivity contribution in [3.63, 3.8) is 0 Å². The molecule has 2 aromatic heterocycles. The first-order valence-electron chi connectivity index (χ1n) is 34.8.